The molecule has 2 heteroatoms. The standard InChI is InChI=1S/C16H15NO/c1-12(18)15-8-4-13(5-9-15)2-3-14-6-10-16(17)11-7-14/h2-11H,17H2,1H3/b3-2+. The molecular weight excluding hydrogens is 222 g/mol. The highest BCUT2D eigenvalue weighted by Gasteiger charge is 1.96. The Morgan fingerprint density at radius 3 is 1.78 bits per heavy atom. The van der Waals surface area contributed by atoms with Crippen LogP contribution in [0.4, 0.5) is 5.69 Å². The Hall–Kier alpha value is -2.35. The van der Waals surface area contributed by atoms with Crippen molar-refractivity contribution in [3.63, 3.8) is 0 Å². The van der Waals surface area contributed by atoms with Crippen LogP contribution in [0, 0.1) is 0 Å². The third-order valence-corrected chi connectivity index (χ3v) is 2.72. The van der Waals surface area contributed by atoms with Crippen LogP contribution in [0.15, 0.2) is 48.5 Å². The van der Waals surface area contributed by atoms with Gasteiger partial charge in [0.1, 0.15) is 0 Å². The Morgan fingerprint density at radius 2 is 1.33 bits per heavy atom. The minimum Gasteiger partial charge on any atom is -0.399 e. The molecule has 0 amide bonds. The van der Waals surface area contributed by atoms with E-state index in [1.807, 2.05) is 60.7 Å². The monoisotopic (exact) mass is 237 g/mol. The van der Waals surface area contributed by atoms with Crippen molar-refractivity contribution < 1.29 is 4.79 Å². The van der Waals surface area contributed by atoms with Crippen LogP contribution >= 0.6 is 0 Å². The average Bonchev–Trinajstić information content (AvgIpc) is 2.38. The van der Waals surface area contributed by atoms with Crippen LogP contribution in [0.2, 0.25) is 0 Å². The topological polar surface area (TPSA) is 43.1 Å². The Kier molecular flexibility index (Phi) is 3.58. The van der Waals surface area contributed by atoms with Crippen LogP contribution in [0.3, 0.4) is 0 Å². The number of hydrogen-bond acceptors (Lipinski definition) is 2. The zero-order valence-electron chi connectivity index (χ0n) is 10.3. The highest BCUT2D eigenvalue weighted by Crippen LogP contribution is 2.11. The van der Waals surface area contributed by atoms with Crippen LogP contribution in [0.1, 0.15) is 28.4 Å². The van der Waals surface area contributed by atoms with Gasteiger partial charge in [0.05, 0.1) is 0 Å². The van der Waals surface area contributed by atoms with Gasteiger partial charge in [0.25, 0.3) is 0 Å². The molecule has 2 N–H and O–H groups in total. The molecule has 0 aromatic heterocycles. The molecular formula is C16H15NO. The van der Waals surface area contributed by atoms with Crippen molar-refractivity contribution in [2.75, 3.05) is 5.73 Å². The second-order valence-corrected chi connectivity index (χ2v) is 4.18. The van der Waals surface area contributed by atoms with E-state index >= 15 is 0 Å². The number of nitrogen functional groups attached to an aromatic ring is 1. The minimum atomic E-state index is 0.0871. The number of Topliss-reactive ketones (excluding diaryl/α,β-unsaturated/α-hetero) is 1. The molecule has 2 aromatic carbocycles. The molecule has 2 rings (SSSR count). The van der Waals surface area contributed by atoms with E-state index in [0.717, 1.165) is 22.4 Å². The molecule has 0 spiro atoms. The van der Waals surface area contributed by atoms with Gasteiger partial charge in [-0.15, -0.1) is 0 Å². The van der Waals surface area contributed by atoms with E-state index in [9.17, 15) is 4.79 Å². The molecule has 2 aromatic rings. The van der Waals surface area contributed by atoms with Gasteiger partial charge in [-0.25, -0.2) is 0 Å². The number of carbonyl (C=O) groups is 1. The number of ketones is 1. The summed E-state index contributed by atoms with van der Waals surface area (Å²) in [6.07, 6.45) is 4.03. The number of rotatable bonds is 3. The molecule has 0 aliphatic carbocycles. The van der Waals surface area contributed by atoms with Crippen molar-refractivity contribution >= 4 is 23.6 Å². The SMILES string of the molecule is CC(=O)c1ccc(/C=C/c2ccc(N)cc2)cc1. The normalized spacial score (nSPS) is 10.7. The molecule has 0 heterocycles. The first-order chi connectivity index (χ1) is 8.65. The van der Waals surface area contributed by atoms with E-state index in [4.69, 9.17) is 5.73 Å². The van der Waals surface area contributed by atoms with Gasteiger partial charge < -0.3 is 5.73 Å². The number of hydrogen-bond donors (Lipinski definition) is 1. The van der Waals surface area contributed by atoms with E-state index in [1.54, 1.807) is 6.92 Å². The molecule has 2 nitrogen and oxygen atoms in total. The summed E-state index contributed by atoms with van der Waals surface area (Å²) >= 11 is 0. The molecule has 90 valence electrons. The third kappa shape index (κ3) is 3.08. The van der Waals surface area contributed by atoms with E-state index in [2.05, 4.69) is 0 Å². The number of anilines is 1. The summed E-state index contributed by atoms with van der Waals surface area (Å²) in [5.74, 6) is 0.0871. The lowest BCUT2D eigenvalue weighted by Crippen LogP contribution is -1.90. The fourth-order valence-corrected chi connectivity index (χ4v) is 1.63. The second-order valence-electron chi connectivity index (χ2n) is 4.18. The van der Waals surface area contributed by atoms with Crippen LogP contribution in [0.5, 0.6) is 0 Å². The molecule has 0 aliphatic heterocycles. The fourth-order valence-electron chi connectivity index (χ4n) is 1.63. The molecule has 0 atom stereocenters. The van der Waals surface area contributed by atoms with E-state index in [0.29, 0.717) is 0 Å². The highest BCUT2D eigenvalue weighted by molar-refractivity contribution is 5.94. The minimum absolute atomic E-state index is 0.0871. The lowest BCUT2D eigenvalue weighted by molar-refractivity contribution is 0.101. The lowest BCUT2D eigenvalue weighted by atomic mass is 10.1. The maximum atomic E-state index is 11.1. The second kappa shape index (κ2) is 5.32. The first-order valence-electron chi connectivity index (χ1n) is 5.80. The van der Waals surface area contributed by atoms with Crippen LogP contribution < -0.4 is 5.73 Å². The Bertz CT molecular complexity index is 565. The summed E-state index contributed by atoms with van der Waals surface area (Å²) in [5, 5.41) is 0. The smallest absolute Gasteiger partial charge is 0.159 e. The van der Waals surface area contributed by atoms with Crippen molar-refractivity contribution in [1.82, 2.24) is 0 Å². The van der Waals surface area contributed by atoms with Gasteiger partial charge in [-0.2, -0.15) is 0 Å². The number of nitrogens with two attached hydrogens (primary N) is 1. The van der Waals surface area contributed by atoms with Gasteiger partial charge in [-0.1, -0.05) is 48.6 Å². The number of carbonyl (C=O) groups excluding carboxylic acids is 1. The average molecular weight is 237 g/mol. The van der Waals surface area contributed by atoms with Gasteiger partial charge in [0.15, 0.2) is 5.78 Å². The Balaban J connectivity index is 2.13. The van der Waals surface area contributed by atoms with Crippen molar-refractivity contribution in [1.29, 1.82) is 0 Å². The number of benzene rings is 2. The van der Waals surface area contributed by atoms with E-state index < -0.39 is 0 Å². The van der Waals surface area contributed by atoms with Gasteiger partial charge in [0, 0.05) is 11.3 Å². The van der Waals surface area contributed by atoms with Crippen molar-refractivity contribution in [2.24, 2.45) is 0 Å². The van der Waals surface area contributed by atoms with Crippen LogP contribution in [-0.2, 0) is 0 Å². The van der Waals surface area contributed by atoms with Crippen molar-refractivity contribution in [3.05, 3.63) is 65.2 Å². The molecule has 0 fully saturated rings. The van der Waals surface area contributed by atoms with Crippen LogP contribution in [-0.4, -0.2) is 5.78 Å². The molecule has 0 bridgehead atoms. The van der Waals surface area contributed by atoms with Crippen molar-refractivity contribution in [2.45, 2.75) is 6.92 Å². The van der Waals surface area contributed by atoms with E-state index in [1.165, 1.54) is 0 Å². The summed E-state index contributed by atoms with van der Waals surface area (Å²) in [5.41, 5.74) is 9.28. The van der Waals surface area contributed by atoms with Crippen LogP contribution in [0.25, 0.3) is 12.2 Å². The molecule has 0 aliphatic rings. The van der Waals surface area contributed by atoms with Gasteiger partial charge >= 0.3 is 0 Å². The van der Waals surface area contributed by atoms with E-state index in [-0.39, 0.29) is 5.78 Å². The zero-order chi connectivity index (χ0) is 13.0. The largest absolute Gasteiger partial charge is 0.399 e. The molecule has 0 unspecified atom stereocenters. The Morgan fingerprint density at radius 1 is 0.889 bits per heavy atom. The molecule has 0 saturated heterocycles. The zero-order valence-corrected chi connectivity index (χ0v) is 10.3. The lowest BCUT2D eigenvalue weighted by Gasteiger charge is -1.98. The summed E-state index contributed by atoms with van der Waals surface area (Å²) in [4.78, 5) is 11.1. The van der Waals surface area contributed by atoms with Gasteiger partial charge in [0.2, 0.25) is 0 Å². The first-order valence-corrected chi connectivity index (χ1v) is 5.80. The molecule has 0 radical (unpaired) electrons. The molecule has 18 heavy (non-hydrogen) atoms. The fraction of sp³-hybridized carbons (Fsp3) is 0.0625. The highest BCUT2D eigenvalue weighted by atomic mass is 16.1. The maximum absolute atomic E-state index is 11.1. The molecule has 0 saturated carbocycles. The first kappa shape index (κ1) is 12.1. The maximum Gasteiger partial charge on any atom is 0.159 e. The quantitative estimate of drug-likeness (QED) is 0.503. The van der Waals surface area contributed by atoms with Crippen molar-refractivity contribution in [3.8, 4) is 0 Å². The predicted octanol–water partition coefficient (Wildman–Crippen LogP) is 3.64. The van der Waals surface area contributed by atoms with Gasteiger partial charge in [-0.05, 0) is 30.2 Å². The Labute approximate surface area is 107 Å². The summed E-state index contributed by atoms with van der Waals surface area (Å²) < 4.78 is 0. The van der Waals surface area contributed by atoms with Gasteiger partial charge in [-0.3, -0.25) is 4.79 Å². The summed E-state index contributed by atoms with van der Waals surface area (Å²) in [6.45, 7) is 1.57. The predicted molar refractivity (Wildman–Crippen MR) is 76.2 cm³/mol. The third-order valence-electron chi connectivity index (χ3n) is 2.72. The summed E-state index contributed by atoms with van der Waals surface area (Å²) in [6, 6.07) is 15.2. The summed E-state index contributed by atoms with van der Waals surface area (Å²) in [7, 11) is 0.